The summed E-state index contributed by atoms with van der Waals surface area (Å²) in [4.78, 5) is 17.0. The van der Waals surface area contributed by atoms with E-state index in [4.69, 9.17) is 23.2 Å². The van der Waals surface area contributed by atoms with Gasteiger partial charge in [-0.3, -0.25) is 4.79 Å². The topological polar surface area (TPSA) is 47.8 Å². The Bertz CT molecular complexity index is 907. The van der Waals surface area contributed by atoms with Gasteiger partial charge in [-0.2, -0.15) is 4.68 Å². The number of carbonyl (C=O) groups excluding carboxylic acids is 1. The number of thioether (sulfide) groups is 1. The number of fused-ring (bicyclic) bond motifs is 1. The van der Waals surface area contributed by atoms with E-state index in [0.717, 1.165) is 11.1 Å². The minimum atomic E-state index is -0.0589. The zero-order chi connectivity index (χ0) is 16.7. The van der Waals surface area contributed by atoms with E-state index >= 15 is 0 Å². The Kier molecular flexibility index (Phi) is 4.08. The van der Waals surface area contributed by atoms with Crippen molar-refractivity contribution in [3.05, 3.63) is 64.1 Å². The van der Waals surface area contributed by atoms with E-state index in [1.807, 2.05) is 36.4 Å². The maximum Gasteiger partial charge on any atom is 0.250 e. The Morgan fingerprint density at radius 2 is 1.62 bits per heavy atom. The molecule has 1 aromatic heterocycles. The maximum atomic E-state index is 12.4. The lowest BCUT2D eigenvalue weighted by Gasteiger charge is -2.20. The third-order valence-corrected chi connectivity index (χ3v) is 5.47. The third-order valence-electron chi connectivity index (χ3n) is 3.77. The van der Waals surface area contributed by atoms with Crippen LogP contribution >= 0.6 is 35.0 Å². The Morgan fingerprint density at radius 3 is 2.29 bits per heavy atom. The summed E-state index contributed by atoms with van der Waals surface area (Å²) in [5.74, 6) is 0.468. The summed E-state index contributed by atoms with van der Waals surface area (Å²) in [5.41, 5.74) is 1.89. The monoisotopic (exact) mass is 375 g/mol. The van der Waals surface area contributed by atoms with Gasteiger partial charge in [-0.15, -0.1) is 5.10 Å². The molecule has 4 nitrogen and oxygen atoms in total. The van der Waals surface area contributed by atoms with Gasteiger partial charge in [0.15, 0.2) is 11.0 Å². The molecule has 1 aliphatic heterocycles. The second-order valence-electron chi connectivity index (χ2n) is 5.39. The zero-order valence-electron chi connectivity index (χ0n) is 12.3. The van der Waals surface area contributed by atoms with Gasteiger partial charge in [-0.1, -0.05) is 47.1 Å². The van der Waals surface area contributed by atoms with Crippen LogP contribution in [-0.4, -0.2) is 20.7 Å². The Labute approximate surface area is 152 Å². The van der Waals surface area contributed by atoms with Crippen LogP contribution in [0.5, 0.6) is 0 Å². The van der Waals surface area contributed by atoms with Crippen molar-refractivity contribution >= 4 is 40.9 Å². The van der Waals surface area contributed by atoms with Crippen LogP contribution in [0.3, 0.4) is 0 Å². The molecule has 7 heteroatoms. The molecule has 2 heterocycles. The molecule has 1 aliphatic rings. The molecule has 0 aliphatic carbocycles. The Hall–Kier alpha value is -1.82. The van der Waals surface area contributed by atoms with Gasteiger partial charge in [0.25, 0.3) is 5.91 Å². The van der Waals surface area contributed by atoms with Crippen molar-refractivity contribution in [2.45, 2.75) is 16.8 Å². The minimum Gasteiger partial charge on any atom is -0.272 e. The number of carbonyl (C=O) groups is 1. The fourth-order valence-electron chi connectivity index (χ4n) is 2.54. The van der Waals surface area contributed by atoms with Gasteiger partial charge >= 0.3 is 0 Å². The van der Waals surface area contributed by atoms with E-state index < -0.39 is 0 Å². The number of benzene rings is 2. The fraction of sp³-hybridized carbons (Fsp3) is 0.118. The molecule has 0 unspecified atom stereocenters. The van der Waals surface area contributed by atoms with Crippen LogP contribution in [0.1, 0.15) is 22.0 Å². The van der Waals surface area contributed by atoms with Crippen LogP contribution in [0.2, 0.25) is 10.0 Å². The van der Waals surface area contributed by atoms with Crippen LogP contribution in [0, 0.1) is 0 Å². The van der Waals surface area contributed by atoms with E-state index in [-0.39, 0.29) is 11.2 Å². The van der Waals surface area contributed by atoms with Gasteiger partial charge in [-0.05, 0) is 42.0 Å². The Balaban J connectivity index is 1.66. The van der Waals surface area contributed by atoms with Crippen molar-refractivity contribution in [3.63, 3.8) is 0 Å². The number of nitrogens with zero attached hydrogens (tertiary/aromatic N) is 3. The molecule has 0 fully saturated rings. The molecule has 2 aromatic carbocycles. The SMILES string of the molecule is O=C1C[C@@H](c2ccc(Cl)cc2)Sc2nc(-c3ccc(Cl)cc3)nn21. The van der Waals surface area contributed by atoms with E-state index in [9.17, 15) is 4.79 Å². The van der Waals surface area contributed by atoms with Gasteiger partial charge in [0.2, 0.25) is 0 Å². The molecule has 0 bridgehead atoms. The van der Waals surface area contributed by atoms with Crippen molar-refractivity contribution in [1.29, 1.82) is 0 Å². The van der Waals surface area contributed by atoms with Crippen LogP contribution in [0.15, 0.2) is 53.7 Å². The summed E-state index contributed by atoms with van der Waals surface area (Å²) in [7, 11) is 0. The molecule has 0 saturated carbocycles. The Morgan fingerprint density at radius 1 is 1.00 bits per heavy atom. The summed E-state index contributed by atoms with van der Waals surface area (Å²) in [6, 6.07) is 14.8. The first kappa shape index (κ1) is 15.7. The molecule has 4 rings (SSSR count). The van der Waals surface area contributed by atoms with Crippen LogP contribution in [0.4, 0.5) is 0 Å². The van der Waals surface area contributed by atoms with Crippen LogP contribution < -0.4 is 0 Å². The van der Waals surface area contributed by atoms with E-state index in [1.54, 1.807) is 12.1 Å². The van der Waals surface area contributed by atoms with Gasteiger partial charge < -0.3 is 0 Å². The second kappa shape index (κ2) is 6.24. The summed E-state index contributed by atoms with van der Waals surface area (Å²) in [5, 5.41) is 6.30. The molecule has 0 N–H and O–H groups in total. The molecular formula is C17H11Cl2N3OS. The lowest BCUT2D eigenvalue weighted by atomic mass is 10.1. The van der Waals surface area contributed by atoms with Gasteiger partial charge in [-0.25, -0.2) is 4.98 Å². The highest BCUT2D eigenvalue weighted by molar-refractivity contribution is 7.99. The molecule has 120 valence electrons. The average Bonchev–Trinajstić information content (AvgIpc) is 3.01. The van der Waals surface area contributed by atoms with Crippen molar-refractivity contribution < 1.29 is 4.79 Å². The average molecular weight is 376 g/mol. The summed E-state index contributed by atoms with van der Waals surface area (Å²) < 4.78 is 1.39. The molecule has 0 spiro atoms. The largest absolute Gasteiger partial charge is 0.272 e. The summed E-state index contributed by atoms with van der Waals surface area (Å²) in [6.45, 7) is 0. The van der Waals surface area contributed by atoms with Crippen LogP contribution in [-0.2, 0) is 0 Å². The van der Waals surface area contributed by atoms with Crippen molar-refractivity contribution in [2.24, 2.45) is 0 Å². The number of halogens is 2. The normalized spacial score (nSPS) is 16.9. The summed E-state index contributed by atoms with van der Waals surface area (Å²) in [6.07, 6.45) is 0.378. The fourth-order valence-corrected chi connectivity index (χ4v) is 3.94. The predicted molar refractivity (Wildman–Crippen MR) is 95.8 cm³/mol. The first-order chi connectivity index (χ1) is 11.6. The number of rotatable bonds is 2. The van der Waals surface area contributed by atoms with Gasteiger partial charge in [0.05, 0.1) is 0 Å². The number of hydrogen-bond acceptors (Lipinski definition) is 4. The third kappa shape index (κ3) is 2.95. The van der Waals surface area contributed by atoms with Crippen molar-refractivity contribution in [2.75, 3.05) is 0 Å². The maximum absolute atomic E-state index is 12.4. The molecular weight excluding hydrogens is 365 g/mol. The van der Waals surface area contributed by atoms with E-state index in [1.165, 1.54) is 16.4 Å². The second-order valence-corrected chi connectivity index (χ2v) is 7.44. The van der Waals surface area contributed by atoms with Gasteiger partial charge in [0.1, 0.15) is 0 Å². The molecule has 0 radical (unpaired) electrons. The highest BCUT2D eigenvalue weighted by atomic mass is 35.5. The zero-order valence-corrected chi connectivity index (χ0v) is 14.6. The molecule has 0 saturated heterocycles. The standard InChI is InChI=1S/C17H11Cl2N3OS/c18-12-5-1-10(2-6-12)14-9-15(23)22-17(24-14)20-16(21-22)11-3-7-13(19)8-4-11/h1-8,14H,9H2/t14-/m0/s1. The van der Waals surface area contributed by atoms with Crippen molar-refractivity contribution in [1.82, 2.24) is 14.8 Å². The molecule has 24 heavy (non-hydrogen) atoms. The highest BCUT2D eigenvalue weighted by Crippen LogP contribution is 2.41. The summed E-state index contributed by atoms with van der Waals surface area (Å²) >= 11 is 13.4. The van der Waals surface area contributed by atoms with Crippen molar-refractivity contribution in [3.8, 4) is 11.4 Å². The first-order valence-electron chi connectivity index (χ1n) is 7.28. The molecule has 0 amide bonds. The lowest BCUT2D eigenvalue weighted by Crippen LogP contribution is -2.20. The minimum absolute atomic E-state index is 0.0181. The quantitative estimate of drug-likeness (QED) is 0.622. The smallest absolute Gasteiger partial charge is 0.250 e. The van der Waals surface area contributed by atoms with Gasteiger partial charge in [0, 0.05) is 27.3 Å². The number of aromatic nitrogens is 3. The number of hydrogen-bond donors (Lipinski definition) is 0. The van der Waals surface area contributed by atoms with E-state index in [2.05, 4.69) is 10.1 Å². The van der Waals surface area contributed by atoms with Crippen LogP contribution in [0.25, 0.3) is 11.4 Å². The predicted octanol–water partition coefficient (Wildman–Crippen LogP) is 5.13. The lowest BCUT2D eigenvalue weighted by molar-refractivity contribution is 0.0868. The van der Waals surface area contributed by atoms with E-state index in [0.29, 0.717) is 27.4 Å². The highest BCUT2D eigenvalue weighted by Gasteiger charge is 2.30. The molecule has 1 atom stereocenters. The molecule has 3 aromatic rings. The first-order valence-corrected chi connectivity index (χ1v) is 8.92.